The molecule has 0 aromatic heterocycles. The van der Waals surface area contributed by atoms with Crippen molar-refractivity contribution in [2.24, 2.45) is 0 Å². The summed E-state index contributed by atoms with van der Waals surface area (Å²) >= 11 is 0. The summed E-state index contributed by atoms with van der Waals surface area (Å²) in [6.07, 6.45) is 12.1. The summed E-state index contributed by atoms with van der Waals surface area (Å²) in [7, 11) is 0. The molecule has 0 N–H and O–H groups in total. The molecule has 0 saturated heterocycles. The minimum absolute atomic E-state index is 0.0149. The predicted molar refractivity (Wildman–Crippen MR) is 72.8 cm³/mol. The zero-order valence-corrected chi connectivity index (χ0v) is 11.5. The number of ether oxygens (including phenoxy) is 1. The molecule has 0 aliphatic carbocycles. The van der Waals surface area contributed by atoms with Crippen LogP contribution in [0.1, 0.15) is 77.6 Å². The fourth-order valence-corrected chi connectivity index (χ4v) is 1.76. The monoisotopic (exact) mass is 241 g/mol. The molecular weight excluding hydrogens is 212 g/mol. The van der Waals surface area contributed by atoms with E-state index in [2.05, 4.69) is 13.8 Å². The minimum atomic E-state index is -0.0149. The van der Waals surface area contributed by atoms with Crippen LogP contribution in [0.5, 0.6) is 0 Å². The number of rotatable bonds is 12. The fourth-order valence-electron chi connectivity index (χ4n) is 1.76. The Bertz CT molecular complexity index is 166. The van der Waals surface area contributed by atoms with Crippen LogP contribution in [-0.2, 0) is 9.53 Å². The second-order valence-corrected chi connectivity index (χ2v) is 4.65. The van der Waals surface area contributed by atoms with Crippen molar-refractivity contribution in [3.8, 4) is 0 Å². The first-order valence-electron chi connectivity index (χ1n) is 7.26. The third-order valence-corrected chi connectivity index (χ3v) is 2.89. The summed E-state index contributed by atoms with van der Waals surface area (Å²) in [4.78, 5) is 11.3. The van der Waals surface area contributed by atoms with Crippen LogP contribution in [-0.4, -0.2) is 12.6 Å². The molecule has 17 heavy (non-hydrogen) atoms. The van der Waals surface area contributed by atoms with Gasteiger partial charge in [-0.05, 0) is 12.8 Å². The Labute approximate surface area is 107 Å². The number of unbranched alkanes of at least 4 members (excludes halogenated alkanes) is 8. The van der Waals surface area contributed by atoms with Crippen molar-refractivity contribution in [1.29, 1.82) is 0 Å². The fraction of sp³-hybridized carbons (Fsp3) is 0.867. The summed E-state index contributed by atoms with van der Waals surface area (Å²) in [6, 6.07) is 0. The largest absolute Gasteiger partial charge is 0.466 e. The van der Waals surface area contributed by atoms with Gasteiger partial charge in [0.2, 0.25) is 0 Å². The molecule has 0 atom stereocenters. The molecule has 0 bridgehead atoms. The van der Waals surface area contributed by atoms with Crippen LogP contribution in [0.3, 0.4) is 0 Å². The van der Waals surface area contributed by atoms with Gasteiger partial charge in [0.25, 0.3) is 0 Å². The number of hydrogen-bond donors (Lipinski definition) is 0. The Balaban J connectivity index is 3.11. The predicted octanol–water partition coefficient (Wildman–Crippen LogP) is 4.67. The van der Waals surface area contributed by atoms with Crippen molar-refractivity contribution in [3.05, 3.63) is 6.92 Å². The van der Waals surface area contributed by atoms with E-state index in [1.165, 1.54) is 38.5 Å². The van der Waals surface area contributed by atoms with E-state index in [1.807, 2.05) is 0 Å². The number of carbonyl (C=O) groups is 1. The lowest BCUT2D eigenvalue weighted by Gasteiger charge is -2.04. The van der Waals surface area contributed by atoms with Crippen LogP contribution >= 0.6 is 0 Å². The Morgan fingerprint density at radius 2 is 1.59 bits per heavy atom. The van der Waals surface area contributed by atoms with Gasteiger partial charge in [0.1, 0.15) is 0 Å². The maximum absolute atomic E-state index is 11.3. The minimum Gasteiger partial charge on any atom is -0.466 e. The average Bonchev–Trinajstić information content (AvgIpc) is 2.33. The van der Waals surface area contributed by atoms with Crippen molar-refractivity contribution in [1.82, 2.24) is 0 Å². The lowest BCUT2D eigenvalue weighted by atomic mass is 10.1. The third-order valence-electron chi connectivity index (χ3n) is 2.89. The van der Waals surface area contributed by atoms with E-state index in [0.717, 1.165) is 25.7 Å². The van der Waals surface area contributed by atoms with Gasteiger partial charge >= 0.3 is 5.97 Å². The van der Waals surface area contributed by atoms with Crippen molar-refractivity contribution in [3.63, 3.8) is 0 Å². The van der Waals surface area contributed by atoms with Crippen LogP contribution < -0.4 is 0 Å². The summed E-state index contributed by atoms with van der Waals surface area (Å²) < 4.78 is 5.18. The van der Waals surface area contributed by atoms with E-state index in [9.17, 15) is 4.79 Å². The molecule has 0 fully saturated rings. The molecule has 2 heteroatoms. The molecule has 0 aliphatic rings. The van der Waals surface area contributed by atoms with E-state index >= 15 is 0 Å². The average molecular weight is 241 g/mol. The molecule has 0 aromatic rings. The summed E-state index contributed by atoms with van der Waals surface area (Å²) in [5.74, 6) is -0.0149. The van der Waals surface area contributed by atoms with Crippen molar-refractivity contribution < 1.29 is 9.53 Å². The second-order valence-electron chi connectivity index (χ2n) is 4.65. The SMILES string of the molecule is [CH2]CCCCCCCOC(=O)CCCCCC. The zero-order valence-electron chi connectivity index (χ0n) is 11.5. The number of esters is 1. The van der Waals surface area contributed by atoms with Gasteiger partial charge in [-0.2, -0.15) is 0 Å². The first-order chi connectivity index (χ1) is 8.31. The van der Waals surface area contributed by atoms with Crippen LogP contribution in [0.25, 0.3) is 0 Å². The molecule has 1 radical (unpaired) electrons. The molecule has 0 aliphatic heterocycles. The molecule has 0 rings (SSSR count). The van der Waals surface area contributed by atoms with Crippen LogP contribution in [0.2, 0.25) is 0 Å². The highest BCUT2D eigenvalue weighted by atomic mass is 16.5. The van der Waals surface area contributed by atoms with E-state index in [-0.39, 0.29) is 5.97 Å². The Morgan fingerprint density at radius 3 is 2.29 bits per heavy atom. The molecule has 0 amide bonds. The van der Waals surface area contributed by atoms with Crippen LogP contribution in [0.4, 0.5) is 0 Å². The van der Waals surface area contributed by atoms with Gasteiger partial charge in [0, 0.05) is 6.42 Å². The Kier molecular flexibility index (Phi) is 13.1. The van der Waals surface area contributed by atoms with Gasteiger partial charge in [0.05, 0.1) is 6.61 Å². The van der Waals surface area contributed by atoms with Crippen LogP contribution in [0, 0.1) is 6.92 Å². The summed E-state index contributed by atoms with van der Waals surface area (Å²) in [5, 5.41) is 0. The van der Waals surface area contributed by atoms with E-state index in [1.54, 1.807) is 0 Å². The normalized spacial score (nSPS) is 10.5. The maximum Gasteiger partial charge on any atom is 0.305 e. The highest BCUT2D eigenvalue weighted by Gasteiger charge is 2.01. The van der Waals surface area contributed by atoms with Gasteiger partial charge in [-0.25, -0.2) is 0 Å². The van der Waals surface area contributed by atoms with Crippen molar-refractivity contribution in [2.45, 2.75) is 77.6 Å². The van der Waals surface area contributed by atoms with Gasteiger partial charge in [-0.15, -0.1) is 0 Å². The van der Waals surface area contributed by atoms with Gasteiger partial charge in [-0.3, -0.25) is 4.79 Å². The van der Waals surface area contributed by atoms with Gasteiger partial charge < -0.3 is 4.74 Å². The molecule has 0 saturated carbocycles. The summed E-state index contributed by atoms with van der Waals surface area (Å²) in [6.45, 7) is 6.60. The zero-order chi connectivity index (χ0) is 12.8. The van der Waals surface area contributed by atoms with E-state index in [4.69, 9.17) is 4.74 Å². The lowest BCUT2D eigenvalue weighted by Crippen LogP contribution is -2.05. The topological polar surface area (TPSA) is 26.3 Å². The molecule has 0 unspecified atom stereocenters. The third kappa shape index (κ3) is 13.4. The number of carbonyl (C=O) groups excluding carboxylic acids is 1. The summed E-state index contributed by atoms with van der Waals surface area (Å²) in [5.41, 5.74) is 0. The van der Waals surface area contributed by atoms with E-state index < -0.39 is 0 Å². The Morgan fingerprint density at radius 1 is 0.941 bits per heavy atom. The van der Waals surface area contributed by atoms with Crippen LogP contribution in [0.15, 0.2) is 0 Å². The molecule has 2 nitrogen and oxygen atoms in total. The first kappa shape index (κ1) is 16.5. The number of hydrogen-bond acceptors (Lipinski definition) is 2. The highest BCUT2D eigenvalue weighted by Crippen LogP contribution is 2.06. The smallest absolute Gasteiger partial charge is 0.305 e. The molecular formula is C15H29O2. The first-order valence-corrected chi connectivity index (χ1v) is 7.26. The maximum atomic E-state index is 11.3. The van der Waals surface area contributed by atoms with Gasteiger partial charge in [-0.1, -0.05) is 65.2 Å². The van der Waals surface area contributed by atoms with Crippen molar-refractivity contribution >= 4 is 5.97 Å². The molecule has 101 valence electrons. The Hall–Kier alpha value is -0.530. The molecule has 0 aromatic carbocycles. The van der Waals surface area contributed by atoms with E-state index in [0.29, 0.717) is 13.0 Å². The molecule has 0 spiro atoms. The standard InChI is InChI=1S/C15H29O2/c1-3-5-7-9-10-12-14-17-15(16)13-11-8-6-4-2/h1,3-14H2,2H3. The quantitative estimate of drug-likeness (QED) is 0.366. The van der Waals surface area contributed by atoms with Crippen molar-refractivity contribution in [2.75, 3.05) is 6.61 Å². The second kappa shape index (κ2) is 13.5. The van der Waals surface area contributed by atoms with Gasteiger partial charge in [0.15, 0.2) is 0 Å². The molecule has 0 heterocycles. The highest BCUT2D eigenvalue weighted by molar-refractivity contribution is 5.69. The lowest BCUT2D eigenvalue weighted by molar-refractivity contribution is -0.143.